The lowest BCUT2D eigenvalue weighted by atomic mass is 9.87. The van der Waals surface area contributed by atoms with Gasteiger partial charge in [0.2, 0.25) is 5.79 Å². The molecule has 0 heterocycles. The molecular formula is C8H18O3Si. The molecule has 0 fully saturated rings. The number of hydrogen-bond donors (Lipinski definition) is 0. The van der Waals surface area contributed by atoms with Crippen molar-refractivity contribution in [2.24, 2.45) is 5.41 Å². The monoisotopic (exact) mass is 190 g/mol. The van der Waals surface area contributed by atoms with Crippen molar-refractivity contribution >= 4 is 16.5 Å². The summed E-state index contributed by atoms with van der Waals surface area (Å²) in [5.41, 5.74) is -0.194. The quantitative estimate of drug-likeness (QED) is 0.363. The number of esters is 1. The smallest absolute Gasteiger partial charge is 0.305 e. The zero-order valence-electron chi connectivity index (χ0n) is 8.72. The second-order valence-electron chi connectivity index (χ2n) is 3.99. The van der Waals surface area contributed by atoms with Crippen molar-refractivity contribution < 1.29 is 14.0 Å². The molecule has 1 atom stereocenters. The number of rotatable bonds is 2. The van der Waals surface area contributed by atoms with Crippen molar-refractivity contribution in [1.82, 2.24) is 0 Å². The van der Waals surface area contributed by atoms with Crippen LogP contribution in [-0.4, -0.2) is 22.2 Å². The molecule has 3 nitrogen and oxygen atoms in total. The Morgan fingerprint density at radius 3 is 1.75 bits per heavy atom. The van der Waals surface area contributed by atoms with E-state index in [2.05, 4.69) is 0 Å². The first-order valence-electron chi connectivity index (χ1n) is 3.97. The fraction of sp³-hybridized carbons (Fsp3) is 0.875. The van der Waals surface area contributed by atoms with Gasteiger partial charge in [0.05, 0.1) is 0 Å². The normalized spacial score (nSPS) is 17.1. The van der Waals surface area contributed by atoms with E-state index in [0.717, 1.165) is 0 Å². The molecule has 0 spiro atoms. The molecule has 0 saturated heterocycles. The van der Waals surface area contributed by atoms with Gasteiger partial charge in [0, 0.05) is 19.3 Å². The van der Waals surface area contributed by atoms with E-state index in [1.807, 2.05) is 20.8 Å². The van der Waals surface area contributed by atoms with Gasteiger partial charge in [0.25, 0.3) is 0 Å². The lowest BCUT2D eigenvalue weighted by Crippen LogP contribution is -2.45. The van der Waals surface area contributed by atoms with Gasteiger partial charge in [-0.3, -0.25) is 4.79 Å². The minimum atomic E-state index is -0.787. The van der Waals surface area contributed by atoms with Crippen LogP contribution < -0.4 is 0 Å². The molecule has 0 aromatic heterocycles. The van der Waals surface area contributed by atoms with Gasteiger partial charge in [0.1, 0.15) is 0 Å². The van der Waals surface area contributed by atoms with Crippen LogP contribution in [0.15, 0.2) is 0 Å². The van der Waals surface area contributed by atoms with E-state index in [-0.39, 0.29) is 11.4 Å². The van der Waals surface area contributed by atoms with Gasteiger partial charge in [-0.15, -0.1) is 0 Å². The molecule has 72 valence electrons. The summed E-state index contributed by atoms with van der Waals surface area (Å²) in [6.45, 7) is 9.13. The molecule has 0 aliphatic heterocycles. The summed E-state index contributed by atoms with van der Waals surface area (Å²) in [7, 11) is 0.556. The van der Waals surface area contributed by atoms with E-state index in [1.165, 1.54) is 6.92 Å². The molecule has 0 rings (SSSR count). The van der Waals surface area contributed by atoms with Gasteiger partial charge < -0.3 is 9.16 Å². The predicted molar refractivity (Wildman–Crippen MR) is 50.7 cm³/mol. The van der Waals surface area contributed by atoms with Crippen LogP contribution in [0, 0.1) is 5.41 Å². The Balaban J connectivity index is 4.56. The third-order valence-corrected chi connectivity index (χ3v) is 2.87. The van der Waals surface area contributed by atoms with E-state index in [9.17, 15) is 4.79 Å². The second-order valence-corrected chi connectivity index (χ2v) is 4.40. The van der Waals surface area contributed by atoms with Gasteiger partial charge in [-0.25, -0.2) is 0 Å². The molecule has 12 heavy (non-hydrogen) atoms. The summed E-state index contributed by atoms with van der Waals surface area (Å²) < 4.78 is 10.4. The number of carbonyl (C=O) groups excluding carboxylic acids is 1. The van der Waals surface area contributed by atoms with E-state index in [0.29, 0.717) is 10.5 Å². The number of hydrogen-bond acceptors (Lipinski definition) is 3. The van der Waals surface area contributed by atoms with Crippen molar-refractivity contribution in [2.45, 2.75) is 40.4 Å². The molecule has 4 heteroatoms. The summed E-state index contributed by atoms with van der Waals surface area (Å²) in [6.07, 6.45) is 0. The molecule has 0 radical (unpaired) electrons. The maximum absolute atomic E-state index is 10.8. The van der Waals surface area contributed by atoms with Crippen LogP contribution in [0.2, 0.25) is 0 Å². The van der Waals surface area contributed by atoms with Gasteiger partial charge in [-0.2, -0.15) is 0 Å². The highest BCUT2D eigenvalue weighted by atomic mass is 28.2. The molecule has 0 aliphatic rings. The van der Waals surface area contributed by atoms with Crippen LogP contribution in [0.25, 0.3) is 0 Å². The molecule has 0 amide bonds. The molecule has 0 aromatic carbocycles. The lowest BCUT2D eigenvalue weighted by Gasteiger charge is -2.39. The highest BCUT2D eigenvalue weighted by molar-refractivity contribution is 5.98. The average molecular weight is 190 g/mol. The standard InChI is InChI=1S/C8H18O3Si/c1-6(9)10-8(5,11-12)7(2,3)4/h1-5,12H3. The Morgan fingerprint density at radius 1 is 1.25 bits per heavy atom. The summed E-state index contributed by atoms with van der Waals surface area (Å²) in [5.74, 6) is -1.09. The maximum atomic E-state index is 10.8. The number of ether oxygens (including phenoxy) is 1. The van der Waals surface area contributed by atoms with Crippen LogP contribution in [0.4, 0.5) is 0 Å². The third kappa shape index (κ3) is 2.60. The first-order valence-corrected chi connectivity index (χ1v) is 4.79. The van der Waals surface area contributed by atoms with Crippen LogP contribution in [-0.2, 0) is 14.0 Å². The Hall–Kier alpha value is -0.353. The van der Waals surface area contributed by atoms with Crippen LogP contribution >= 0.6 is 0 Å². The molecule has 0 aliphatic carbocycles. The highest BCUT2D eigenvalue weighted by Gasteiger charge is 2.40. The molecule has 1 unspecified atom stereocenters. The fourth-order valence-electron chi connectivity index (χ4n) is 0.775. The lowest BCUT2D eigenvalue weighted by molar-refractivity contribution is -0.224. The minimum absolute atomic E-state index is 0.194. The highest BCUT2D eigenvalue weighted by Crippen LogP contribution is 2.33. The van der Waals surface area contributed by atoms with Crippen molar-refractivity contribution in [3.05, 3.63) is 0 Å². The molecular weight excluding hydrogens is 172 g/mol. The van der Waals surface area contributed by atoms with Crippen LogP contribution in [0.3, 0.4) is 0 Å². The molecule has 0 saturated carbocycles. The summed E-state index contributed by atoms with van der Waals surface area (Å²) in [6, 6.07) is 0. The van der Waals surface area contributed by atoms with Gasteiger partial charge in [0.15, 0.2) is 10.5 Å². The largest absolute Gasteiger partial charge is 0.434 e. The zero-order chi connectivity index (χ0) is 9.99. The first kappa shape index (κ1) is 11.6. The predicted octanol–water partition coefficient (Wildman–Crippen LogP) is 0.609. The van der Waals surface area contributed by atoms with Gasteiger partial charge in [-0.05, 0) is 0 Å². The van der Waals surface area contributed by atoms with Crippen LogP contribution in [0.5, 0.6) is 0 Å². The Bertz CT molecular complexity index is 174. The maximum Gasteiger partial charge on any atom is 0.305 e. The first-order chi connectivity index (χ1) is 5.23. The Kier molecular flexibility index (Phi) is 3.47. The van der Waals surface area contributed by atoms with E-state index in [4.69, 9.17) is 9.16 Å². The Labute approximate surface area is 77.0 Å². The molecule has 0 bridgehead atoms. The van der Waals surface area contributed by atoms with E-state index >= 15 is 0 Å². The topological polar surface area (TPSA) is 35.5 Å². The summed E-state index contributed by atoms with van der Waals surface area (Å²) >= 11 is 0. The van der Waals surface area contributed by atoms with Crippen molar-refractivity contribution in [1.29, 1.82) is 0 Å². The van der Waals surface area contributed by atoms with Gasteiger partial charge >= 0.3 is 5.97 Å². The third-order valence-electron chi connectivity index (χ3n) is 2.09. The second kappa shape index (κ2) is 3.58. The SMILES string of the molecule is CC(=O)OC(C)(O[SiH3])C(C)(C)C. The summed E-state index contributed by atoms with van der Waals surface area (Å²) in [5, 5.41) is 0. The average Bonchev–Trinajstić information content (AvgIpc) is 1.83. The minimum Gasteiger partial charge on any atom is -0.434 e. The fourth-order valence-corrected chi connectivity index (χ4v) is 1.47. The van der Waals surface area contributed by atoms with E-state index in [1.54, 1.807) is 6.92 Å². The zero-order valence-corrected chi connectivity index (χ0v) is 10.7. The molecule has 0 N–H and O–H groups in total. The van der Waals surface area contributed by atoms with Crippen molar-refractivity contribution in [3.8, 4) is 0 Å². The van der Waals surface area contributed by atoms with Gasteiger partial charge in [-0.1, -0.05) is 20.8 Å². The van der Waals surface area contributed by atoms with Crippen LogP contribution in [0.1, 0.15) is 34.6 Å². The van der Waals surface area contributed by atoms with E-state index < -0.39 is 5.79 Å². The van der Waals surface area contributed by atoms with Crippen molar-refractivity contribution in [3.63, 3.8) is 0 Å². The number of carbonyl (C=O) groups is 1. The van der Waals surface area contributed by atoms with Crippen molar-refractivity contribution in [2.75, 3.05) is 0 Å². The molecule has 0 aromatic rings. The Morgan fingerprint density at radius 2 is 1.67 bits per heavy atom. The summed E-state index contributed by atoms with van der Waals surface area (Å²) in [4.78, 5) is 10.8.